The van der Waals surface area contributed by atoms with Crippen molar-refractivity contribution in [2.75, 3.05) is 30.3 Å². The van der Waals surface area contributed by atoms with E-state index in [1.54, 1.807) is 23.9 Å². The standard InChI is InChI=1S/C20H25N5OS/c1-15-8-10-24(11-9-15)19-22-23-20(25(19)17-4-5-17)27-13-12-26-18-6-2-16(14-21)3-7-18/h2-3,6-7,15,17H,4-5,8-13H2,1H3. The Morgan fingerprint density at radius 3 is 2.56 bits per heavy atom. The summed E-state index contributed by atoms with van der Waals surface area (Å²) in [7, 11) is 0. The summed E-state index contributed by atoms with van der Waals surface area (Å²) in [6.45, 7) is 5.10. The second-order valence-electron chi connectivity index (χ2n) is 7.39. The van der Waals surface area contributed by atoms with Crippen molar-refractivity contribution in [2.45, 2.75) is 43.8 Å². The fourth-order valence-electron chi connectivity index (χ4n) is 3.36. The average Bonchev–Trinajstić information content (AvgIpc) is 3.46. The molecule has 1 aromatic heterocycles. The summed E-state index contributed by atoms with van der Waals surface area (Å²) in [5.74, 6) is 3.48. The number of hydrogen-bond donors (Lipinski definition) is 0. The molecule has 142 valence electrons. The molecular weight excluding hydrogens is 358 g/mol. The number of hydrogen-bond acceptors (Lipinski definition) is 6. The summed E-state index contributed by atoms with van der Waals surface area (Å²) in [5.41, 5.74) is 0.647. The monoisotopic (exact) mass is 383 g/mol. The minimum atomic E-state index is 0.566. The second kappa shape index (κ2) is 8.22. The molecule has 0 atom stereocenters. The Morgan fingerprint density at radius 2 is 1.89 bits per heavy atom. The number of thioether (sulfide) groups is 1. The summed E-state index contributed by atoms with van der Waals surface area (Å²) in [6, 6.07) is 9.91. The first-order valence-electron chi connectivity index (χ1n) is 9.70. The summed E-state index contributed by atoms with van der Waals surface area (Å²) in [5, 5.41) is 18.9. The van der Waals surface area contributed by atoms with Crippen molar-refractivity contribution in [1.82, 2.24) is 14.8 Å². The van der Waals surface area contributed by atoms with Crippen molar-refractivity contribution >= 4 is 17.7 Å². The van der Waals surface area contributed by atoms with E-state index in [-0.39, 0.29) is 0 Å². The normalized spacial score (nSPS) is 17.7. The van der Waals surface area contributed by atoms with E-state index in [1.165, 1.54) is 25.7 Å². The molecule has 2 aliphatic rings. The van der Waals surface area contributed by atoms with Gasteiger partial charge in [-0.15, -0.1) is 10.2 Å². The zero-order chi connectivity index (χ0) is 18.6. The fraction of sp³-hybridized carbons (Fsp3) is 0.550. The van der Waals surface area contributed by atoms with Gasteiger partial charge in [-0.2, -0.15) is 5.26 Å². The molecule has 2 fully saturated rings. The van der Waals surface area contributed by atoms with Gasteiger partial charge in [0.2, 0.25) is 5.95 Å². The van der Waals surface area contributed by atoms with Gasteiger partial charge in [-0.1, -0.05) is 18.7 Å². The van der Waals surface area contributed by atoms with Crippen LogP contribution in [0.25, 0.3) is 0 Å². The maximum absolute atomic E-state index is 8.84. The number of rotatable bonds is 7. The Kier molecular flexibility index (Phi) is 5.53. The summed E-state index contributed by atoms with van der Waals surface area (Å²) >= 11 is 1.71. The van der Waals surface area contributed by atoms with E-state index in [0.717, 1.165) is 41.6 Å². The lowest BCUT2D eigenvalue weighted by Gasteiger charge is -2.31. The molecule has 1 aromatic carbocycles. The Morgan fingerprint density at radius 1 is 1.15 bits per heavy atom. The topological polar surface area (TPSA) is 67.0 Å². The minimum absolute atomic E-state index is 0.566. The molecule has 0 radical (unpaired) electrons. The third kappa shape index (κ3) is 4.38. The lowest BCUT2D eigenvalue weighted by molar-refractivity contribution is 0.344. The first kappa shape index (κ1) is 18.2. The number of nitriles is 1. The van der Waals surface area contributed by atoms with Gasteiger partial charge < -0.3 is 9.64 Å². The van der Waals surface area contributed by atoms with E-state index in [2.05, 4.69) is 32.7 Å². The van der Waals surface area contributed by atoms with Crippen LogP contribution in [0.3, 0.4) is 0 Å². The Labute approximate surface area is 164 Å². The Balaban J connectivity index is 1.34. The van der Waals surface area contributed by atoms with Crippen LogP contribution >= 0.6 is 11.8 Å². The largest absolute Gasteiger partial charge is 0.493 e. The quantitative estimate of drug-likeness (QED) is 0.534. The van der Waals surface area contributed by atoms with Crippen LogP contribution < -0.4 is 9.64 Å². The van der Waals surface area contributed by atoms with E-state index in [4.69, 9.17) is 10.00 Å². The van der Waals surface area contributed by atoms with E-state index >= 15 is 0 Å². The molecule has 0 unspecified atom stereocenters. The third-order valence-electron chi connectivity index (χ3n) is 5.19. The average molecular weight is 384 g/mol. The first-order valence-corrected chi connectivity index (χ1v) is 10.7. The maximum Gasteiger partial charge on any atom is 0.228 e. The predicted octanol–water partition coefficient (Wildman–Crippen LogP) is 3.89. The summed E-state index contributed by atoms with van der Waals surface area (Å²) in [4.78, 5) is 2.41. The zero-order valence-corrected chi connectivity index (χ0v) is 16.5. The molecule has 0 N–H and O–H groups in total. The molecule has 27 heavy (non-hydrogen) atoms. The highest BCUT2D eigenvalue weighted by molar-refractivity contribution is 7.99. The summed E-state index contributed by atoms with van der Waals surface area (Å²) < 4.78 is 8.13. The number of piperidine rings is 1. The molecule has 1 saturated carbocycles. The lowest BCUT2D eigenvalue weighted by Crippen LogP contribution is -2.34. The highest BCUT2D eigenvalue weighted by Gasteiger charge is 2.32. The first-order chi connectivity index (χ1) is 13.2. The zero-order valence-electron chi connectivity index (χ0n) is 15.7. The van der Waals surface area contributed by atoms with Crippen molar-refractivity contribution in [3.63, 3.8) is 0 Å². The van der Waals surface area contributed by atoms with Crippen LogP contribution in [-0.4, -0.2) is 40.2 Å². The van der Waals surface area contributed by atoms with E-state index in [1.807, 2.05) is 12.1 Å². The highest BCUT2D eigenvalue weighted by Crippen LogP contribution is 2.41. The van der Waals surface area contributed by atoms with Crippen molar-refractivity contribution in [1.29, 1.82) is 5.26 Å². The van der Waals surface area contributed by atoms with Crippen molar-refractivity contribution in [3.05, 3.63) is 29.8 Å². The minimum Gasteiger partial charge on any atom is -0.493 e. The highest BCUT2D eigenvalue weighted by atomic mass is 32.2. The molecule has 6 nitrogen and oxygen atoms in total. The van der Waals surface area contributed by atoms with E-state index in [0.29, 0.717) is 18.2 Å². The number of anilines is 1. The number of nitrogens with zero attached hydrogens (tertiary/aromatic N) is 5. The van der Waals surface area contributed by atoms with Gasteiger partial charge in [0.05, 0.1) is 18.2 Å². The fourth-order valence-corrected chi connectivity index (χ4v) is 4.18. The van der Waals surface area contributed by atoms with E-state index < -0.39 is 0 Å². The van der Waals surface area contributed by atoms with Gasteiger partial charge in [0.25, 0.3) is 0 Å². The number of benzene rings is 1. The van der Waals surface area contributed by atoms with Crippen LogP contribution in [0.5, 0.6) is 5.75 Å². The molecule has 1 aliphatic heterocycles. The SMILES string of the molecule is CC1CCN(c2nnc(SCCOc3ccc(C#N)cc3)n2C2CC2)CC1. The van der Waals surface area contributed by atoms with Crippen molar-refractivity contribution in [3.8, 4) is 11.8 Å². The summed E-state index contributed by atoms with van der Waals surface area (Å²) in [6.07, 6.45) is 4.92. The molecule has 0 bridgehead atoms. The Hall–Kier alpha value is -2.20. The lowest BCUT2D eigenvalue weighted by atomic mass is 10.00. The van der Waals surface area contributed by atoms with Gasteiger partial charge in [0, 0.05) is 24.9 Å². The third-order valence-corrected chi connectivity index (χ3v) is 6.10. The molecule has 1 aliphatic carbocycles. The van der Waals surface area contributed by atoms with Crippen molar-refractivity contribution < 1.29 is 4.74 Å². The van der Waals surface area contributed by atoms with E-state index in [9.17, 15) is 0 Å². The number of ether oxygens (including phenoxy) is 1. The number of aromatic nitrogens is 3. The van der Waals surface area contributed by atoms with Gasteiger partial charge in [-0.3, -0.25) is 4.57 Å². The second-order valence-corrected chi connectivity index (χ2v) is 8.45. The molecule has 2 heterocycles. The van der Waals surface area contributed by atoms with Crippen LogP contribution in [0.4, 0.5) is 5.95 Å². The molecule has 2 aromatic rings. The predicted molar refractivity (Wildman–Crippen MR) is 106 cm³/mol. The van der Waals surface area contributed by atoms with Crippen LogP contribution in [0.15, 0.2) is 29.4 Å². The molecule has 0 amide bonds. The molecule has 4 rings (SSSR count). The van der Waals surface area contributed by atoms with Gasteiger partial charge in [0.1, 0.15) is 5.75 Å². The molecule has 7 heteroatoms. The molecule has 0 spiro atoms. The van der Waals surface area contributed by atoms with Gasteiger partial charge >= 0.3 is 0 Å². The van der Waals surface area contributed by atoms with Crippen LogP contribution in [0.2, 0.25) is 0 Å². The molecule has 1 saturated heterocycles. The maximum atomic E-state index is 8.84. The smallest absolute Gasteiger partial charge is 0.228 e. The van der Waals surface area contributed by atoms with Gasteiger partial charge in [-0.25, -0.2) is 0 Å². The van der Waals surface area contributed by atoms with Gasteiger partial charge in [-0.05, 0) is 55.9 Å². The molecular formula is C20H25N5OS. The Bertz CT molecular complexity index is 801. The van der Waals surface area contributed by atoms with Crippen LogP contribution in [0.1, 0.15) is 44.2 Å². The van der Waals surface area contributed by atoms with Crippen LogP contribution in [0, 0.1) is 17.2 Å². The van der Waals surface area contributed by atoms with Gasteiger partial charge in [0.15, 0.2) is 5.16 Å². The van der Waals surface area contributed by atoms with Crippen LogP contribution in [-0.2, 0) is 0 Å². The van der Waals surface area contributed by atoms with Crippen molar-refractivity contribution in [2.24, 2.45) is 5.92 Å².